The molecule has 3 saturated heterocycles. The highest BCUT2D eigenvalue weighted by Crippen LogP contribution is 2.36. The fourth-order valence-electron chi connectivity index (χ4n) is 4.85. The molecule has 0 radical (unpaired) electrons. The predicted octanol–water partition coefficient (Wildman–Crippen LogP) is 2.46. The molecule has 0 aromatic rings. The van der Waals surface area contributed by atoms with Crippen molar-refractivity contribution in [3.05, 3.63) is 0 Å². The van der Waals surface area contributed by atoms with E-state index in [0.29, 0.717) is 0 Å². The monoisotopic (exact) mass is 279 g/mol. The van der Waals surface area contributed by atoms with Crippen LogP contribution in [0.15, 0.2) is 0 Å². The van der Waals surface area contributed by atoms with Gasteiger partial charge in [-0.3, -0.25) is 4.90 Å². The zero-order valence-corrected chi connectivity index (χ0v) is 13.6. The van der Waals surface area contributed by atoms with Gasteiger partial charge in [0.05, 0.1) is 0 Å². The molecule has 1 N–H and O–H groups in total. The Labute approximate surface area is 125 Å². The Morgan fingerprint density at radius 2 is 1.70 bits per heavy atom. The minimum atomic E-state index is 0.720. The highest BCUT2D eigenvalue weighted by molar-refractivity contribution is 4.98. The lowest BCUT2D eigenvalue weighted by Gasteiger charge is -2.53. The van der Waals surface area contributed by atoms with Gasteiger partial charge < -0.3 is 10.2 Å². The first-order valence-electron chi connectivity index (χ1n) is 8.94. The van der Waals surface area contributed by atoms with Gasteiger partial charge >= 0.3 is 0 Å². The molecule has 3 aliphatic heterocycles. The van der Waals surface area contributed by atoms with Crippen LogP contribution < -0.4 is 5.32 Å². The molecule has 4 unspecified atom stereocenters. The van der Waals surface area contributed by atoms with Crippen molar-refractivity contribution in [2.24, 2.45) is 0 Å². The standard InChI is InChI=1S/C17H33N3/c1-4-13-12-20(14(5-2)11-18-13)17-9-15-7-6-8-16(10-17)19(15)3/h13-18H,4-12H2,1-3H3. The third kappa shape index (κ3) is 2.77. The Morgan fingerprint density at radius 1 is 1.00 bits per heavy atom. The van der Waals surface area contributed by atoms with Crippen molar-refractivity contribution in [3.8, 4) is 0 Å². The van der Waals surface area contributed by atoms with E-state index < -0.39 is 0 Å². The quantitative estimate of drug-likeness (QED) is 0.856. The summed E-state index contributed by atoms with van der Waals surface area (Å²) in [7, 11) is 2.37. The molecule has 3 fully saturated rings. The van der Waals surface area contributed by atoms with E-state index in [2.05, 4.69) is 36.0 Å². The van der Waals surface area contributed by atoms with Crippen LogP contribution in [0.5, 0.6) is 0 Å². The second kappa shape index (κ2) is 6.33. The second-order valence-electron chi connectivity index (χ2n) is 7.30. The molecule has 116 valence electrons. The van der Waals surface area contributed by atoms with E-state index in [0.717, 1.165) is 30.2 Å². The van der Waals surface area contributed by atoms with Crippen LogP contribution in [0, 0.1) is 0 Å². The number of piperazine rings is 1. The van der Waals surface area contributed by atoms with Gasteiger partial charge in [0.25, 0.3) is 0 Å². The lowest BCUT2D eigenvalue weighted by Crippen LogP contribution is -2.63. The van der Waals surface area contributed by atoms with Crippen molar-refractivity contribution in [1.29, 1.82) is 0 Å². The smallest absolute Gasteiger partial charge is 0.0221 e. The molecule has 0 saturated carbocycles. The van der Waals surface area contributed by atoms with Gasteiger partial charge in [-0.2, -0.15) is 0 Å². The third-order valence-electron chi connectivity index (χ3n) is 6.29. The lowest BCUT2D eigenvalue weighted by atomic mass is 9.80. The first kappa shape index (κ1) is 14.8. The Morgan fingerprint density at radius 3 is 2.30 bits per heavy atom. The molecule has 0 aromatic carbocycles. The van der Waals surface area contributed by atoms with Gasteiger partial charge in [-0.05, 0) is 45.6 Å². The maximum absolute atomic E-state index is 3.75. The number of piperidine rings is 2. The Balaban J connectivity index is 1.70. The van der Waals surface area contributed by atoms with Crippen molar-refractivity contribution in [2.75, 3.05) is 20.1 Å². The number of hydrogen-bond acceptors (Lipinski definition) is 3. The summed E-state index contributed by atoms with van der Waals surface area (Å²) in [5.74, 6) is 0. The van der Waals surface area contributed by atoms with E-state index in [1.807, 2.05) is 0 Å². The largest absolute Gasteiger partial charge is 0.311 e. The molecule has 0 amide bonds. The summed E-state index contributed by atoms with van der Waals surface area (Å²) < 4.78 is 0. The van der Waals surface area contributed by atoms with E-state index in [4.69, 9.17) is 0 Å². The van der Waals surface area contributed by atoms with Crippen LogP contribution in [-0.4, -0.2) is 60.1 Å². The molecule has 3 rings (SSSR count). The number of fused-ring (bicyclic) bond motifs is 2. The number of rotatable bonds is 3. The van der Waals surface area contributed by atoms with Gasteiger partial charge in [-0.25, -0.2) is 0 Å². The summed E-state index contributed by atoms with van der Waals surface area (Å²) >= 11 is 0. The zero-order chi connectivity index (χ0) is 14.1. The molecule has 4 atom stereocenters. The van der Waals surface area contributed by atoms with E-state index in [9.17, 15) is 0 Å². The van der Waals surface area contributed by atoms with E-state index >= 15 is 0 Å². The van der Waals surface area contributed by atoms with Crippen LogP contribution in [0.4, 0.5) is 0 Å². The van der Waals surface area contributed by atoms with Gasteiger partial charge in [0.2, 0.25) is 0 Å². The van der Waals surface area contributed by atoms with Crippen LogP contribution in [0.3, 0.4) is 0 Å². The molecular weight excluding hydrogens is 246 g/mol. The van der Waals surface area contributed by atoms with Gasteiger partial charge in [-0.1, -0.05) is 20.3 Å². The Kier molecular flexibility index (Phi) is 4.68. The summed E-state index contributed by atoms with van der Waals surface area (Å²) in [5.41, 5.74) is 0. The average molecular weight is 279 g/mol. The van der Waals surface area contributed by atoms with Crippen LogP contribution in [0.1, 0.15) is 58.8 Å². The summed E-state index contributed by atoms with van der Waals surface area (Å²) in [6.07, 6.45) is 9.73. The molecular formula is C17H33N3. The second-order valence-corrected chi connectivity index (χ2v) is 7.30. The molecule has 0 aromatic heterocycles. The number of nitrogens with one attached hydrogen (secondary N) is 1. The summed E-state index contributed by atoms with van der Waals surface area (Å²) in [5, 5.41) is 3.75. The van der Waals surface area contributed by atoms with Gasteiger partial charge in [0, 0.05) is 43.3 Å². The van der Waals surface area contributed by atoms with Crippen LogP contribution >= 0.6 is 0 Å². The molecule has 3 heterocycles. The topological polar surface area (TPSA) is 18.5 Å². The maximum Gasteiger partial charge on any atom is 0.0221 e. The first-order chi connectivity index (χ1) is 9.72. The van der Waals surface area contributed by atoms with Gasteiger partial charge in [0.15, 0.2) is 0 Å². The SMILES string of the molecule is CCC1CN(C2CC3CCCC(C2)N3C)C(CC)CN1. The van der Waals surface area contributed by atoms with Crippen molar-refractivity contribution < 1.29 is 0 Å². The van der Waals surface area contributed by atoms with Crippen LogP contribution in [0.25, 0.3) is 0 Å². The van der Waals surface area contributed by atoms with E-state index in [1.54, 1.807) is 0 Å². The van der Waals surface area contributed by atoms with Crippen molar-refractivity contribution in [3.63, 3.8) is 0 Å². The highest BCUT2D eigenvalue weighted by atomic mass is 15.3. The Bertz CT molecular complexity index is 305. The van der Waals surface area contributed by atoms with Crippen LogP contribution in [-0.2, 0) is 0 Å². The zero-order valence-electron chi connectivity index (χ0n) is 13.6. The molecule has 2 bridgehead atoms. The van der Waals surface area contributed by atoms with Crippen LogP contribution in [0.2, 0.25) is 0 Å². The highest BCUT2D eigenvalue weighted by Gasteiger charge is 2.40. The van der Waals surface area contributed by atoms with Crippen molar-refractivity contribution >= 4 is 0 Å². The first-order valence-corrected chi connectivity index (χ1v) is 8.94. The maximum atomic E-state index is 3.75. The van der Waals surface area contributed by atoms with Gasteiger partial charge in [-0.15, -0.1) is 0 Å². The number of nitrogens with zero attached hydrogens (tertiary/aromatic N) is 2. The van der Waals surface area contributed by atoms with Crippen molar-refractivity contribution in [2.45, 2.75) is 89.0 Å². The molecule has 3 aliphatic rings. The summed E-state index contributed by atoms with van der Waals surface area (Å²) in [4.78, 5) is 5.59. The predicted molar refractivity (Wildman–Crippen MR) is 85.1 cm³/mol. The average Bonchev–Trinajstić information content (AvgIpc) is 2.46. The minimum Gasteiger partial charge on any atom is -0.311 e. The molecule has 20 heavy (non-hydrogen) atoms. The third-order valence-corrected chi connectivity index (χ3v) is 6.29. The molecule has 0 spiro atoms. The normalized spacial score (nSPS) is 43.6. The molecule has 3 nitrogen and oxygen atoms in total. The van der Waals surface area contributed by atoms with Crippen molar-refractivity contribution in [1.82, 2.24) is 15.1 Å². The lowest BCUT2D eigenvalue weighted by molar-refractivity contribution is -0.0195. The minimum absolute atomic E-state index is 0.720. The summed E-state index contributed by atoms with van der Waals surface area (Å²) in [6, 6.07) is 4.06. The molecule has 3 heteroatoms. The van der Waals surface area contributed by atoms with Gasteiger partial charge in [0.1, 0.15) is 0 Å². The Hall–Kier alpha value is -0.120. The number of hydrogen-bond donors (Lipinski definition) is 1. The van der Waals surface area contributed by atoms with E-state index in [1.165, 1.54) is 58.0 Å². The fraction of sp³-hybridized carbons (Fsp3) is 1.00. The molecule has 0 aliphatic carbocycles. The fourth-order valence-corrected chi connectivity index (χ4v) is 4.85. The summed E-state index contributed by atoms with van der Waals surface area (Å²) in [6.45, 7) is 7.17. The van der Waals surface area contributed by atoms with E-state index in [-0.39, 0.29) is 0 Å².